The van der Waals surface area contributed by atoms with Gasteiger partial charge in [0.25, 0.3) is 5.71 Å². The quantitative estimate of drug-likeness (QED) is 0.698. The van der Waals surface area contributed by atoms with Crippen LogP contribution in [0.3, 0.4) is 0 Å². The zero-order chi connectivity index (χ0) is 17.6. The lowest BCUT2D eigenvalue weighted by Crippen LogP contribution is -2.34. The first-order chi connectivity index (χ1) is 12.0. The summed E-state index contributed by atoms with van der Waals surface area (Å²) in [5.74, 6) is 0. The maximum absolute atomic E-state index is 13.1. The van der Waals surface area contributed by atoms with Crippen LogP contribution in [0.15, 0.2) is 45.9 Å². The zero-order valence-electron chi connectivity index (χ0n) is 14.0. The minimum absolute atomic E-state index is 0.160. The molecule has 0 N–H and O–H groups in total. The number of benzene rings is 1. The topological polar surface area (TPSA) is 79.5 Å². The number of rotatable bonds is 2. The summed E-state index contributed by atoms with van der Waals surface area (Å²) in [4.78, 5) is 6.34. The summed E-state index contributed by atoms with van der Waals surface area (Å²) in [6.45, 7) is 3.14. The van der Waals surface area contributed by atoms with E-state index in [1.54, 1.807) is 13.0 Å². The van der Waals surface area contributed by atoms with Crippen molar-refractivity contribution in [2.45, 2.75) is 18.4 Å². The van der Waals surface area contributed by atoms with E-state index in [9.17, 15) is 8.42 Å². The highest BCUT2D eigenvalue weighted by Gasteiger charge is 2.29. The molecule has 25 heavy (non-hydrogen) atoms. The molecule has 0 spiro atoms. The number of para-hydroxylation sites is 1. The van der Waals surface area contributed by atoms with E-state index in [1.165, 1.54) is 10.5 Å². The number of nitrogens with zero attached hydrogens (tertiary/aromatic N) is 4. The second kappa shape index (κ2) is 5.82. The highest BCUT2D eigenvalue weighted by atomic mass is 32.2. The fourth-order valence-electron chi connectivity index (χ4n) is 3.09. The molecule has 3 heterocycles. The number of pyridine rings is 1. The van der Waals surface area contributed by atoms with Crippen molar-refractivity contribution in [2.24, 2.45) is 0 Å². The lowest BCUT2D eigenvalue weighted by atomic mass is 10.1. The summed E-state index contributed by atoms with van der Waals surface area (Å²) in [6.07, 6.45) is 1.34. The van der Waals surface area contributed by atoms with Gasteiger partial charge in [0.1, 0.15) is 4.90 Å². The molecule has 1 aliphatic rings. The van der Waals surface area contributed by atoms with E-state index in [2.05, 4.69) is 15.0 Å². The Bertz CT molecular complexity index is 1040. The number of hydrogen-bond acceptors (Lipinski definition) is 6. The van der Waals surface area contributed by atoms with Crippen LogP contribution in [-0.2, 0) is 16.6 Å². The molecule has 8 heteroatoms. The number of likely N-dealkylation sites (N-methyl/N-ethyl adjacent to an activating group) is 1. The Balaban J connectivity index is 1.75. The SMILES string of the molecule is Cc1noc2ncc(S(=O)(=O)N3CCN(C)c4ccccc4C3)cc12. The van der Waals surface area contributed by atoms with Crippen LogP contribution in [-0.4, -0.2) is 43.0 Å². The van der Waals surface area contributed by atoms with Crippen LogP contribution in [0.5, 0.6) is 0 Å². The maximum atomic E-state index is 13.1. The third kappa shape index (κ3) is 2.67. The van der Waals surface area contributed by atoms with E-state index in [1.807, 2.05) is 31.3 Å². The second-order valence-corrected chi connectivity index (χ2v) is 8.12. The summed E-state index contributed by atoms with van der Waals surface area (Å²) in [5, 5.41) is 4.45. The highest BCUT2D eigenvalue weighted by molar-refractivity contribution is 7.89. The average Bonchev–Trinajstić information content (AvgIpc) is 2.89. The van der Waals surface area contributed by atoms with Crippen LogP contribution in [0.2, 0.25) is 0 Å². The van der Waals surface area contributed by atoms with Crippen molar-refractivity contribution in [3.05, 3.63) is 47.8 Å². The molecule has 0 saturated carbocycles. The van der Waals surface area contributed by atoms with Gasteiger partial charge in [-0.3, -0.25) is 0 Å². The molecule has 4 rings (SSSR count). The fourth-order valence-corrected chi connectivity index (χ4v) is 4.47. The summed E-state index contributed by atoms with van der Waals surface area (Å²) in [7, 11) is -1.69. The average molecular weight is 358 g/mol. The van der Waals surface area contributed by atoms with Crippen molar-refractivity contribution in [2.75, 3.05) is 25.0 Å². The molecular weight excluding hydrogens is 340 g/mol. The lowest BCUT2D eigenvalue weighted by Gasteiger charge is -2.20. The molecule has 0 atom stereocenters. The van der Waals surface area contributed by atoms with E-state index >= 15 is 0 Å². The van der Waals surface area contributed by atoms with Crippen LogP contribution >= 0.6 is 0 Å². The van der Waals surface area contributed by atoms with Crippen molar-refractivity contribution in [3.8, 4) is 0 Å². The van der Waals surface area contributed by atoms with Gasteiger partial charge in [0.15, 0.2) is 0 Å². The van der Waals surface area contributed by atoms with E-state index in [0.29, 0.717) is 36.4 Å². The van der Waals surface area contributed by atoms with Crippen LogP contribution in [0, 0.1) is 6.92 Å². The molecule has 130 valence electrons. The van der Waals surface area contributed by atoms with Crippen LogP contribution in [0.1, 0.15) is 11.3 Å². The van der Waals surface area contributed by atoms with E-state index in [-0.39, 0.29) is 4.90 Å². The summed E-state index contributed by atoms with van der Waals surface area (Å²) in [5.41, 5.74) is 3.02. The molecule has 0 bridgehead atoms. The maximum Gasteiger partial charge on any atom is 0.257 e. The number of anilines is 1. The zero-order valence-corrected chi connectivity index (χ0v) is 14.8. The van der Waals surface area contributed by atoms with Gasteiger partial charge in [0.2, 0.25) is 10.0 Å². The van der Waals surface area contributed by atoms with E-state index in [0.717, 1.165) is 11.3 Å². The number of hydrogen-bond donors (Lipinski definition) is 0. The minimum Gasteiger partial charge on any atom is -0.373 e. The number of fused-ring (bicyclic) bond motifs is 2. The molecule has 1 aliphatic heterocycles. The van der Waals surface area contributed by atoms with Crippen molar-refractivity contribution in [3.63, 3.8) is 0 Å². The third-order valence-electron chi connectivity index (χ3n) is 4.56. The van der Waals surface area contributed by atoms with Gasteiger partial charge in [-0.1, -0.05) is 23.4 Å². The predicted octanol–water partition coefficient (Wildman–Crippen LogP) is 2.17. The van der Waals surface area contributed by atoms with Crippen molar-refractivity contribution in [1.82, 2.24) is 14.4 Å². The summed E-state index contributed by atoms with van der Waals surface area (Å²) >= 11 is 0. The molecule has 2 aromatic heterocycles. The van der Waals surface area contributed by atoms with Gasteiger partial charge in [-0.25, -0.2) is 13.4 Å². The van der Waals surface area contributed by atoms with Crippen LogP contribution < -0.4 is 4.90 Å². The van der Waals surface area contributed by atoms with E-state index in [4.69, 9.17) is 4.52 Å². The Morgan fingerprint density at radius 1 is 1.20 bits per heavy atom. The smallest absolute Gasteiger partial charge is 0.257 e. The Morgan fingerprint density at radius 3 is 2.84 bits per heavy atom. The molecule has 3 aromatic rings. The first-order valence-electron chi connectivity index (χ1n) is 7.98. The Kier molecular flexibility index (Phi) is 3.73. The van der Waals surface area contributed by atoms with Crippen LogP contribution in [0.25, 0.3) is 11.1 Å². The number of aromatic nitrogens is 2. The fraction of sp³-hybridized carbons (Fsp3) is 0.294. The predicted molar refractivity (Wildman–Crippen MR) is 93.8 cm³/mol. The monoisotopic (exact) mass is 358 g/mol. The Hall–Kier alpha value is -2.45. The van der Waals surface area contributed by atoms with Gasteiger partial charge in [-0.05, 0) is 24.6 Å². The summed E-state index contributed by atoms with van der Waals surface area (Å²) < 4.78 is 32.9. The van der Waals surface area contributed by atoms with Crippen LogP contribution in [0.4, 0.5) is 5.69 Å². The molecular formula is C17H18N4O3S. The Labute approximate surface area is 145 Å². The molecule has 7 nitrogen and oxygen atoms in total. The van der Waals surface area contributed by atoms with E-state index < -0.39 is 10.0 Å². The molecule has 0 aliphatic carbocycles. The molecule has 0 radical (unpaired) electrons. The molecule has 0 saturated heterocycles. The third-order valence-corrected chi connectivity index (χ3v) is 6.37. The minimum atomic E-state index is -3.66. The van der Waals surface area contributed by atoms with Crippen molar-refractivity contribution in [1.29, 1.82) is 0 Å². The van der Waals surface area contributed by atoms with Crippen molar-refractivity contribution < 1.29 is 12.9 Å². The molecule has 0 fully saturated rings. The lowest BCUT2D eigenvalue weighted by molar-refractivity contribution is 0.419. The molecule has 0 unspecified atom stereocenters. The number of sulfonamides is 1. The standard InChI is InChI=1S/C17H18N4O3S/c1-12-15-9-14(10-18-17(15)24-19-12)25(22,23)21-8-7-20(2)16-6-4-3-5-13(16)11-21/h3-6,9-10H,7-8,11H2,1-2H3. The highest BCUT2D eigenvalue weighted by Crippen LogP contribution is 2.28. The van der Waals surface area contributed by atoms with Gasteiger partial charge in [0, 0.05) is 32.4 Å². The summed E-state index contributed by atoms with van der Waals surface area (Å²) in [6, 6.07) is 9.46. The molecule has 0 amide bonds. The van der Waals surface area contributed by atoms with Gasteiger partial charge in [-0.15, -0.1) is 0 Å². The first kappa shape index (κ1) is 16.0. The van der Waals surface area contributed by atoms with Crippen molar-refractivity contribution >= 4 is 26.8 Å². The second-order valence-electron chi connectivity index (χ2n) is 6.18. The Morgan fingerprint density at radius 2 is 2.00 bits per heavy atom. The number of aryl methyl sites for hydroxylation is 1. The van der Waals surface area contributed by atoms with Gasteiger partial charge in [0.05, 0.1) is 17.3 Å². The molecule has 1 aromatic carbocycles. The van der Waals surface area contributed by atoms with Gasteiger partial charge >= 0.3 is 0 Å². The van der Waals surface area contributed by atoms with Gasteiger partial charge < -0.3 is 9.42 Å². The largest absolute Gasteiger partial charge is 0.373 e. The normalized spacial score (nSPS) is 16.0. The van der Waals surface area contributed by atoms with Gasteiger partial charge in [-0.2, -0.15) is 4.31 Å². The first-order valence-corrected chi connectivity index (χ1v) is 9.42.